The highest BCUT2D eigenvalue weighted by molar-refractivity contribution is 5.95. The molecule has 4 rings (SSSR count). The third-order valence-corrected chi connectivity index (χ3v) is 4.67. The zero-order valence-corrected chi connectivity index (χ0v) is 15.1. The molecule has 148 valence electrons. The highest BCUT2D eigenvalue weighted by Gasteiger charge is 2.35. The second-order valence-electron chi connectivity index (χ2n) is 6.62. The summed E-state index contributed by atoms with van der Waals surface area (Å²) in [6.07, 6.45) is 0.353. The first kappa shape index (κ1) is 18.9. The first-order chi connectivity index (χ1) is 13.9. The number of halogens is 3. The van der Waals surface area contributed by atoms with Crippen molar-refractivity contribution < 1.29 is 22.7 Å². The van der Waals surface area contributed by atoms with Crippen LogP contribution in [0.2, 0.25) is 0 Å². The number of fused-ring (bicyclic) bond motifs is 1. The second kappa shape index (κ2) is 7.54. The van der Waals surface area contributed by atoms with Crippen LogP contribution in [-0.4, -0.2) is 28.5 Å². The Morgan fingerprint density at radius 2 is 1.86 bits per heavy atom. The van der Waals surface area contributed by atoms with E-state index in [4.69, 9.17) is 4.74 Å². The van der Waals surface area contributed by atoms with Crippen molar-refractivity contribution >= 4 is 5.91 Å². The summed E-state index contributed by atoms with van der Waals surface area (Å²) < 4.78 is 45.3. The van der Waals surface area contributed by atoms with Gasteiger partial charge in [0, 0.05) is 29.9 Å². The number of aromatic nitrogens is 2. The van der Waals surface area contributed by atoms with Gasteiger partial charge in [-0.15, -0.1) is 0 Å². The molecule has 29 heavy (non-hydrogen) atoms. The Morgan fingerprint density at radius 1 is 1.10 bits per heavy atom. The molecule has 0 fully saturated rings. The highest BCUT2D eigenvalue weighted by Crippen LogP contribution is 2.38. The van der Waals surface area contributed by atoms with Gasteiger partial charge in [0.1, 0.15) is 18.2 Å². The molecule has 1 aromatic heterocycles. The number of ether oxygens (including phenoxy) is 1. The zero-order valence-electron chi connectivity index (χ0n) is 15.1. The predicted molar refractivity (Wildman–Crippen MR) is 99.4 cm³/mol. The molecule has 2 aromatic carbocycles. The third-order valence-electron chi connectivity index (χ3n) is 4.67. The molecule has 0 aliphatic carbocycles. The molecule has 1 N–H and O–H groups in total. The van der Waals surface area contributed by atoms with Gasteiger partial charge in [-0.2, -0.15) is 13.2 Å². The van der Waals surface area contributed by atoms with E-state index in [0.717, 1.165) is 28.8 Å². The maximum absolute atomic E-state index is 13.1. The van der Waals surface area contributed by atoms with Crippen molar-refractivity contribution in [1.29, 1.82) is 0 Å². The van der Waals surface area contributed by atoms with Gasteiger partial charge in [-0.05, 0) is 17.7 Å². The number of nitrogens with one attached hydrogen (secondary N) is 1. The number of alkyl halides is 3. The largest absolute Gasteiger partial charge is 0.487 e. The van der Waals surface area contributed by atoms with Gasteiger partial charge in [0.05, 0.1) is 17.7 Å². The van der Waals surface area contributed by atoms with Gasteiger partial charge >= 0.3 is 6.18 Å². The molecule has 1 atom stereocenters. The number of hydrogen-bond donors (Lipinski definition) is 1. The minimum absolute atomic E-state index is 0.0877. The Balaban J connectivity index is 1.47. The number of rotatable bonds is 4. The highest BCUT2D eigenvalue weighted by atomic mass is 19.4. The third kappa shape index (κ3) is 3.91. The maximum Gasteiger partial charge on any atom is 0.417 e. The smallest absolute Gasteiger partial charge is 0.417 e. The normalized spacial score (nSPS) is 15.5. The molecule has 0 bridgehead atoms. The monoisotopic (exact) mass is 399 g/mol. The number of carbonyl (C=O) groups excluding carboxylic acids is 1. The maximum atomic E-state index is 13.1. The van der Waals surface area contributed by atoms with E-state index < -0.39 is 23.2 Å². The number of hydrogen-bond acceptors (Lipinski definition) is 4. The summed E-state index contributed by atoms with van der Waals surface area (Å²) in [6, 6.07) is 10.4. The van der Waals surface area contributed by atoms with Crippen molar-refractivity contribution in [2.75, 3.05) is 6.54 Å². The number of carbonyl (C=O) groups is 1. The fraction of sp³-hybridized carbons (Fsp3) is 0.190. The predicted octanol–water partition coefficient (Wildman–Crippen LogP) is 3.90. The topological polar surface area (TPSA) is 64.1 Å². The van der Waals surface area contributed by atoms with Crippen molar-refractivity contribution in [3.8, 4) is 16.9 Å². The Bertz CT molecular complexity index is 1040. The van der Waals surface area contributed by atoms with Crippen LogP contribution in [0.5, 0.6) is 5.75 Å². The van der Waals surface area contributed by atoms with Gasteiger partial charge in [0.2, 0.25) is 0 Å². The summed E-state index contributed by atoms with van der Waals surface area (Å²) in [6.45, 7) is 0.0877. The summed E-state index contributed by atoms with van der Waals surface area (Å²) in [5.41, 5.74) is 1.23. The number of nitrogens with zero attached hydrogens (tertiary/aromatic N) is 2. The molecular formula is C21H16F3N3O2. The fourth-order valence-corrected chi connectivity index (χ4v) is 3.35. The van der Waals surface area contributed by atoms with Crippen molar-refractivity contribution in [1.82, 2.24) is 15.3 Å². The van der Waals surface area contributed by atoms with E-state index in [1.54, 1.807) is 12.4 Å². The summed E-state index contributed by atoms with van der Waals surface area (Å²) in [5.74, 6) is -0.105. The van der Waals surface area contributed by atoms with E-state index in [2.05, 4.69) is 15.3 Å². The SMILES string of the molecule is O=C(NC[C@@H]1Cc2cccc(-c3cncnc3)c2O1)c1ccccc1C(F)(F)F. The van der Waals surface area contributed by atoms with Crippen molar-refractivity contribution in [2.24, 2.45) is 0 Å². The molecule has 3 aromatic rings. The van der Waals surface area contributed by atoms with Crippen molar-refractivity contribution in [3.05, 3.63) is 77.9 Å². The van der Waals surface area contributed by atoms with Crippen LogP contribution in [0.1, 0.15) is 21.5 Å². The van der Waals surface area contributed by atoms with E-state index in [1.807, 2.05) is 18.2 Å². The summed E-state index contributed by atoms with van der Waals surface area (Å²) in [4.78, 5) is 20.4. The molecule has 0 saturated heterocycles. The molecule has 0 spiro atoms. The van der Waals surface area contributed by atoms with Crippen LogP contribution in [0.15, 0.2) is 61.2 Å². The Morgan fingerprint density at radius 3 is 2.62 bits per heavy atom. The van der Waals surface area contributed by atoms with Crippen LogP contribution < -0.4 is 10.1 Å². The lowest BCUT2D eigenvalue weighted by atomic mass is 10.0. The quantitative estimate of drug-likeness (QED) is 0.723. The lowest BCUT2D eigenvalue weighted by Crippen LogP contribution is -2.35. The summed E-state index contributed by atoms with van der Waals surface area (Å²) in [7, 11) is 0. The van der Waals surface area contributed by atoms with Crippen LogP contribution in [0, 0.1) is 0 Å². The summed E-state index contributed by atoms with van der Waals surface area (Å²) in [5, 5.41) is 2.56. The number of benzene rings is 2. The van der Waals surface area contributed by atoms with Crippen molar-refractivity contribution in [2.45, 2.75) is 18.7 Å². The van der Waals surface area contributed by atoms with E-state index in [-0.39, 0.29) is 12.6 Å². The fourth-order valence-electron chi connectivity index (χ4n) is 3.35. The van der Waals surface area contributed by atoms with Gasteiger partial charge < -0.3 is 10.1 Å². The van der Waals surface area contributed by atoms with Gasteiger partial charge in [0.25, 0.3) is 5.91 Å². The van der Waals surface area contributed by atoms with E-state index in [1.165, 1.54) is 18.5 Å². The Kier molecular flexibility index (Phi) is 4.92. The van der Waals surface area contributed by atoms with Gasteiger partial charge in [-0.3, -0.25) is 4.79 Å². The van der Waals surface area contributed by atoms with Crippen LogP contribution in [0.25, 0.3) is 11.1 Å². The zero-order chi connectivity index (χ0) is 20.4. The number of para-hydroxylation sites is 1. The molecule has 0 unspecified atom stereocenters. The van der Waals surface area contributed by atoms with Gasteiger partial charge in [-0.25, -0.2) is 9.97 Å². The average molecular weight is 399 g/mol. The van der Waals surface area contributed by atoms with Gasteiger partial charge in [0.15, 0.2) is 0 Å². The molecule has 1 aliphatic heterocycles. The van der Waals surface area contributed by atoms with Crippen LogP contribution in [0.3, 0.4) is 0 Å². The first-order valence-corrected chi connectivity index (χ1v) is 8.92. The molecule has 0 radical (unpaired) electrons. The van der Waals surface area contributed by atoms with E-state index in [0.29, 0.717) is 12.2 Å². The van der Waals surface area contributed by atoms with Crippen molar-refractivity contribution in [3.63, 3.8) is 0 Å². The van der Waals surface area contributed by atoms with Crippen LogP contribution in [-0.2, 0) is 12.6 Å². The van der Waals surface area contributed by atoms with Crippen LogP contribution >= 0.6 is 0 Å². The Labute approximate surface area is 164 Å². The van der Waals surface area contributed by atoms with Crippen LogP contribution in [0.4, 0.5) is 13.2 Å². The minimum Gasteiger partial charge on any atom is -0.487 e. The van der Waals surface area contributed by atoms with E-state index >= 15 is 0 Å². The molecule has 8 heteroatoms. The lowest BCUT2D eigenvalue weighted by molar-refractivity contribution is -0.137. The number of amides is 1. The lowest BCUT2D eigenvalue weighted by Gasteiger charge is -2.15. The molecular weight excluding hydrogens is 383 g/mol. The van der Waals surface area contributed by atoms with Gasteiger partial charge in [-0.1, -0.05) is 30.3 Å². The molecule has 1 aliphatic rings. The Hall–Kier alpha value is -3.42. The molecule has 2 heterocycles. The first-order valence-electron chi connectivity index (χ1n) is 8.92. The summed E-state index contributed by atoms with van der Waals surface area (Å²) >= 11 is 0. The molecule has 1 amide bonds. The average Bonchev–Trinajstić information content (AvgIpc) is 3.15. The van der Waals surface area contributed by atoms with E-state index in [9.17, 15) is 18.0 Å². The molecule has 5 nitrogen and oxygen atoms in total. The second-order valence-corrected chi connectivity index (χ2v) is 6.62. The standard InChI is InChI=1S/C21H16F3N3O2/c22-21(23,24)18-7-2-1-5-17(18)20(28)27-11-15-8-13-4-3-6-16(19(13)29-15)14-9-25-12-26-10-14/h1-7,9-10,12,15H,8,11H2,(H,27,28)/t15-/m0/s1. The molecule has 0 saturated carbocycles. The minimum atomic E-state index is -4.60.